The van der Waals surface area contributed by atoms with Crippen LogP contribution in [-0.2, 0) is 28.6 Å². The van der Waals surface area contributed by atoms with Gasteiger partial charge in [0, 0.05) is 19.3 Å². The predicted octanol–water partition coefficient (Wildman–Crippen LogP) is 18.7. The Bertz CT molecular complexity index is 1410. The molecule has 0 spiro atoms. The minimum Gasteiger partial charge on any atom is -0.462 e. The fourth-order valence-corrected chi connectivity index (χ4v) is 7.33. The van der Waals surface area contributed by atoms with E-state index >= 15 is 0 Å². The fourth-order valence-electron chi connectivity index (χ4n) is 7.33. The van der Waals surface area contributed by atoms with Crippen molar-refractivity contribution in [2.24, 2.45) is 0 Å². The molecule has 0 unspecified atom stereocenters. The summed E-state index contributed by atoms with van der Waals surface area (Å²) in [7, 11) is 0. The van der Waals surface area contributed by atoms with Gasteiger partial charge in [-0.1, -0.05) is 226 Å². The SMILES string of the molecule is CC/C=C\C/C=C\C/C=C\C/C=C\C/C=C\CCCCCC(=O)OC[C@H](COC(=O)CCCCCCCCCCCCCC)OC(=O)CCCCC/C=C\C/C=C\C/C=C\C/C=C\CCCCC. The van der Waals surface area contributed by atoms with Gasteiger partial charge < -0.3 is 14.2 Å². The Balaban J connectivity index is 4.51. The van der Waals surface area contributed by atoms with E-state index < -0.39 is 6.10 Å². The number of carbonyl (C=O) groups excluding carboxylic acids is 3. The summed E-state index contributed by atoms with van der Waals surface area (Å²) in [5.74, 6) is -0.967. The number of hydrogen-bond acceptors (Lipinski definition) is 6. The van der Waals surface area contributed by atoms with E-state index in [0.29, 0.717) is 12.8 Å². The molecule has 0 rings (SSSR count). The quantitative estimate of drug-likeness (QED) is 0.0262. The molecule has 386 valence electrons. The third kappa shape index (κ3) is 53.0. The summed E-state index contributed by atoms with van der Waals surface area (Å²) in [5, 5.41) is 0. The van der Waals surface area contributed by atoms with Crippen LogP contribution in [0.4, 0.5) is 0 Å². The molecule has 0 fully saturated rings. The topological polar surface area (TPSA) is 78.9 Å². The smallest absolute Gasteiger partial charge is 0.306 e. The molecule has 0 radical (unpaired) electrons. The lowest BCUT2D eigenvalue weighted by Gasteiger charge is -2.18. The van der Waals surface area contributed by atoms with Crippen molar-refractivity contribution in [2.75, 3.05) is 13.2 Å². The number of carbonyl (C=O) groups is 3. The number of allylic oxidation sites excluding steroid dienone is 18. The molecule has 0 aliphatic carbocycles. The van der Waals surface area contributed by atoms with Crippen LogP contribution in [0.1, 0.15) is 245 Å². The van der Waals surface area contributed by atoms with Gasteiger partial charge in [0.1, 0.15) is 13.2 Å². The van der Waals surface area contributed by atoms with Crippen molar-refractivity contribution in [1.82, 2.24) is 0 Å². The second kappa shape index (κ2) is 55.7. The zero-order chi connectivity index (χ0) is 49.3. The van der Waals surface area contributed by atoms with Gasteiger partial charge in [0.05, 0.1) is 0 Å². The van der Waals surface area contributed by atoms with Gasteiger partial charge in [-0.05, 0) is 109 Å². The van der Waals surface area contributed by atoms with E-state index in [9.17, 15) is 14.4 Å². The van der Waals surface area contributed by atoms with Crippen LogP contribution in [0.5, 0.6) is 0 Å². The molecular weight excluding hydrogens is 841 g/mol. The molecule has 0 aromatic carbocycles. The van der Waals surface area contributed by atoms with Gasteiger partial charge in [-0.25, -0.2) is 0 Å². The third-order valence-electron chi connectivity index (χ3n) is 11.5. The van der Waals surface area contributed by atoms with Crippen molar-refractivity contribution in [1.29, 1.82) is 0 Å². The minimum atomic E-state index is -0.809. The highest BCUT2D eigenvalue weighted by atomic mass is 16.6. The Kier molecular flexibility index (Phi) is 52.4. The van der Waals surface area contributed by atoms with Gasteiger partial charge in [0.2, 0.25) is 0 Å². The molecule has 6 heteroatoms. The Labute approximate surface area is 419 Å². The lowest BCUT2D eigenvalue weighted by atomic mass is 10.0. The van der Waals surface area contributed by atoms with E-state index in [2.05, 4.69) is 130 Å². The van der Waals surface area contributed by atoms with Crippen LogP contribution >= 0.6 is 0 Å². The summed E-state index contributed by atoms with van der Waals surface area (Å²) in [6.07, 6.45) is 75.0. The summed E-state index contributed by atoms with van der Waals surface area (Å²) < 4.78 is 16.8. The number of esters is 3. The van der Waals surface area contributed by atoms with E-state index in [4.69, 9.17) is 14.2 Å². The lowest BCUT2D eigenvalue weighted by molar-refractivity contribution is -0.167. The number of rotatable bonds is 49. The molecule has 0 heterocycles. The van der Waals surface area contributed by atoms with E-state index in [0.717, 1.165) is 122 Å². The second-order valence-corrected chi connectivity index (χ2v) is 18.1. The van der Waals surface area contributed by atoms with Crippen molar-refractivity contribution in [3.8, 4) is 0 Å². The van der Waals surface area contributed by atoms with Gasteiger partial charge in [0.15, 0.2) is 6.10 Å². The average Bonchev–Trinajstić information content (AvgIpc) is 3.34. The molecule has 0 saturated heterocycles. The first-order valence-corrected chi connectivity index (χ1v) is 27.9. The molecule has 0 aliphatic heterocycles. The van der Waals surface area contributed by atoms with Crippen LogP contribution in [0, 0.1) is 0 Å². The van der Waals surface area contributed by atoms with Crippen LogP contribution in [0.25, 0.3) is 0 Å². The summed E-state index contributed by atoms with van der Waals surface area (Å²) in [6.45, 7) is 6.44. The highest BCUT2D eigenvalue weighted by molar-refractivity contribution is 5.71. The van der Waals surface area contributed by atoms with Crippen LogP contribution < -0.4 is 0 Å². The highest BCUT2D eigenvalue weighted by Gasteiger charge is 2.19. The maximum absolute atomic E-state index is 12.8. The molecule has 0 bridgehead atoms. The molecule has 0 aromatic rings. The Morgan fingerprint density at radius 3 is 0.926 bits per heavy atom. The summed E-state index contributed by atoms with van der Waals surface area (Å²) in [5.41, 5.74) is 0. The molecule has 0 amide bonds. The van der Waals surface area contributed by atoms with Gasteiger partial charge in [0.25, 0.3) is 0 Å². The van der Waals surface area contributed by atoms with Crippen molar-refractivity contribution in [3.63, 3.8) is 0 Å². The van der Waals surface area contributed by atoms with Crippen LogP contribution in [-0.4, -0.2) is 37.2 Å². The second-order valence-electron chi connectivity index (χ2n) is 18.1. The fraction of sp³-hybridized carbons (Fsp3) is 0.661. The van der Waals surface area contributed by atoms with Crippen LogP contribution in [0.3, 0.4) is 0 Å². The number of hydrogen-bond donors (Lipinski definition) is 0. The van der Waals surface area contributed by atoms with Crippen molar-refractivity contribution in [2.45, 2.75) is 252 Å². The van der Waals surface area contributed by atoms with Gasteiger partial charge >= 0.3 is 17.9 Å². The molecular formula is C62H102O6. The molecule has 68 heavy (non-hydrogen) atoms. The van der Waals surface area contributed by atoms with Crippen molar-refractivity contribution in [3.05, 3.63) is 109 Å². The average molecular weight is 943 g/mol. The lowest BCUT2D eigenvalue weighted by Crippen LogP contribution is -2.30. The molecule has 6 nitrogen and oxygen atoms in total. The van der Waals surface area contributed by atoms with E-state index in [1.54, 1.807) is 0 Å². The Morgan fingerprint density at radius 1 is 0.309 bits per heavy atom. The standard InChI is InChI=1S/C62H102O6/c1-4-7-10-13-16-19-22-25-27-29-31-33-35-37-40-43-46-49-52-55-61(64)67-58-59(57-66-60(63)54-51-48-45-42-39-24-21-18-15-12-9-6-3)68-62(65)56-53-50-47-44-41-38-36-34-32-30-28-26-23-20-17-14-11-8-5-2/h7,10,16-17,19-20,25-28,31-34,37-38,40-41,59H,4-6,8-9,11-15,18,21-24,29-30,35-36,39,42-58H2,1-3H3/b10-7-,19-16-,20-17-,27-25-,28-26-,33-31-,34-32-,40-37-,41-38-/t59-/m0/s1. The largest absolute Gasteiger partial charge is 0.462 e. The summed E-state index contributed by atoms with van der Waals surface area (Å²) in [4.78, 5) is 38.1. The maximum atomic E-state index is 12.8. The summed E-state index contributed by atoms with van der Waals surface area (Å²) >= 11 is 0. The summed E-state index contributed by atoms with van der Waals surface area (Å²) in [6, 6.07) is 0. The Hall–Kier alpha value is -3.93. The maximum Gasteiger partial charge on any atom is 0.306 e. The van der Waals surface area contributed by atoms with Crippen LogP contribution in [0.15, 0.2) is 109 Å². The number of ether oxygens (including phenoxy) is 3. The molecule has 0 aliphatic rings. The highest BCUT2D eigenvalue weighted by Crippen LogP contribution is 2.14. The monoisotopic (exact) mass is 943 g/mol. The molecule has 0 saturated carbocycles. The normalized spacial score (nSPS) is 12.9. The van der Waals surface area contributed by atoms with Crippen molar-refractivity contribution >= 4 is 17.9 Å². The molecule has 0 N–H and O–H groups in total. The van der Waals surface area contributed by atoms with E-state index in [1.807, 2.05) is 0 Å². The van der Waals surface area contributed by atoms with Crippen LogP contribution in [0.2, 0.25) is 0 Å². The first-order chi connectivity index (χ1) is 33.5. The van der Waals surface area contributed by atoms with E-state index in [-0.39, 0.29) is 37.5 Å². The van der Waals surface area contributed by atoms with E-state index in [1.165, 1.54) is 83.5 Å². The predicted molar refractivity (Wildman–Crippen MR) is 293 cm³/mol. The molecule has 0 aromatic heterocycles. The zero-order valence-corrected chi connectivity index (χ0v) is 44.1. The number of unbranched alkanes of at least 4 members (excludes halogenated alkanes) is 20. The first-order valence-electron chi connectivity index (χ1n) is 27.9. The van der Waals surface area contributed by atoms with Crippen molar-refractivity contribution < 1.29 is 28.6 Å². The molecule has 1 atom stereocenters. The first kappa shape index (κ1) is 64.1. The Morgan fingerprint density at radius 2 is 0.574 bits per heavy atom. The third-order valence-corrected chi connectivity index (χ3v) is 11.5. The van der Waals surface area contributed by atoms with Gasteiger partial charge in [-0.2, -0.15) is 0 Å². The van der Waals surface area contributed by atoms with Gasteiger partial charge in [-0.3, -0.25) is 14.4 Å². The van der Waals surface area contributed by atoms with Gasteiger partial charge in [-0.15, -0.1) is 0 Å². The zero-order valence-electron chi connectivity index (χ0n) is 44.1. The minimum absolute atomic E-state index is 0.102.